The van der Waals surface area contributed by atoms with E-state index in [-0.39, 0.29) is 11.8 Å². The standard InChI is InChI=1S/C19H21NO4/c1-22-17-8-7-13(11-18(17)23-2)19(21)20-12-14-9-10-24-16-6-4-3-5-15(14)16/h3-8,11,14H,9-10,12H2,1-2H3,(H,20,21). The largest absolute Gasteiger partial charge is 0.493 e. The molecule has 5 heteroatoms. The maximum absolute atomic E-state index is 12.4. The molecule has 0 fully saturated rings. The molecule has 1 atom stereocenters. The third-order valence-corrected chi connectivity index (χ3v) is 4.24. The minimum atomic E-state index is -0.125. The first-order valence-corrected chi connectivity index (χ1v) is 7.95. The predicted molar refractivity (Wildman–Crippen MR) is 91.2 cm³/mol. The molecule has 1 amide bonds. The lowest BCUT2D eigenvalue weighted by molar-refractivity contribution is 0.0948. The smallest absolute Gasteiger partial charge is 0.251 e. The fourth-order valence-electron chi connectivity index (χ4n) is 2.92. The van der Waals surface area contributed by atoms with Gasteiger partial charge in [0.25, 0.3) is 5.91 Å². The highest BCUT2D eigenvalue weighted by Gasteiger charge is 2.21. The summed E-state index contributed by atoms with van der Waals surface area (Å²) < 4.78 is 16.1. The Kier molecular flexibility index (Phi) is 4.89. The third-order valence-electron chi connectivity index (χ3n) is 4.24. The molecule has 0 aliphatic carbocycles. The van der Waals surface area contributed by atoms with E-state index in [0.29, 0.717) is 30.2 Å². The molecule has 5 nitrogen and oxygen atoms in total. The average molecular weight is 327 g/mol. The van der Waals surface area contributed by atoms with Crippen LogP contribution in [0.2, 0.25) is 0 Å². The van der Waals surface area contributed by atoms with Crippen molar-refractivity contribution in [2.24, 2.45) is 0 Å². The molecule has 3 rings (SSSR count). The number of nitrogens with one attached hydrogen (secondary N) is 1. The van der Waals surface area contributed by atoms with Crippen LogP contribution in [0.4, 0.5) is 0 Å². The number of hydrogen-bond acceptors (Lipinski definition) is 4. The zero-order valence-electron chi connectivity index (χ0n) is 13.9. The summed E-state index contributed by atoms with van der Waals surface area (Å²) >= 11 is 0. The maximum Gasteiger partial charge on any atom is 0.251 e. The van der Waals surface area contributed by atoms with Crippen LogP contribution in [-0.2, 0) is 0 Å². The van der Waals surface area contributed by atoms with Gasteiger partial charge in [0.2, 0.25) is 0 Å². The molecule has 0 bridgehead atoms. The minimum absolute atomic E-state index is 0.125. The van der Waals surface area contributed by atoms with Gasteiger partial charge in [-0.2, -0.15) is 0 Å². The highest BCUT2D eigenvalue weighted by molar-refractivity contribution is 5.94. The summed E-state index contributed by atoms with van der Waals surface area (Å²) in [6, 6.07) is 13.1. The maximum atomic E-state index is 12.4. The summed E-state index contributed by atoms with van der Waals surface area (Å²) in [5, 5.41) is 3.01. The molecule has 0 aromatic heterocycles. The number of amides is 1. The summed E-state index contributed by atoms with van der Waals surface area (Å²) in [6.45, 7) is 1.25. The van der Waals surface area contributed by atoms with E-state index in [1.54, 1.807) is 32.4 Å². The fraction of sp³-hybridized carbons (Fsp3) is 0.316. The molecular formula is C19H21NO4. The topological polar surface area (TPSA) is 56.8 Å². The first-order chi connectivity index (χ1) is 11.7. The molecule has 24 heavy (non-hydrogen) atoms. The number of rotatable bonds is 5. The highest BCUT2D eigenvalue weighted by Crippen LogP contribution is 2.33. The lowest BCUT2D eigenvalue weighted by atomic mass is 9.93. The summed E-state index contributed by atoms with van der Waals surface area (Å²) in [5.74, 6) is 2.20. The minimum Gasteiger partial charge on any atom is -0.493 e. The normalized spacial score (nSPS) is 15.8. The van der Waals surface area contributed by atoms with E-state index in [4.69, 9.17) is 14.2 Å². The van der Waals surface area contributed by atoms with Crippen molar-refractivity contribution in [3.63, 3.8) is 0 Å². The molecule has 2 aromatic rings. The Morgan fingerprint density at radius 3 is 2.75 bits per heavy atom. The van der Waals surface area contributed by atoms with Crippen molar-refractivity contribution in [2.45, 2.75) is 12.3 Å². The van der Waals surface area contributed by atoms with E-state index >= 15 is 0 Å². The van der Waals surface area contributed by atoms with Gasteiger partial charge in [0.15, 0.2) is 11.5 Å². The predicted octanol–water partition coefficient (Wildman–Crippen LogP) is 3.00. The molecule has 1 N–H and O–H groups in total. The van der Waals surface area contributed by atoms with Crippen LogP contribution >= 0.6 is 0 Å². The summed E-state index contributed by atoms with van der Waals surface area (Å²) in [6.07, 6.45) is 0.892. The zero-order valence-corrected chi connectivity index (χ0v) is 13.9. The third kappa shape index (κ3) is 3.30. The van der Waals surface area contributed by atoms with Gasteiger partial charge in [0, 0.05) is 18.0 Å². The van der Waals surface area contributed by atoms with Crippen molar-refractivity contribution < 1.29 is 19.0 Å². The van der Waals surface area contributed by atoms with Gasteiger partial charge >= 0.3 is 0 Å². The van der Waals surface area contributed by atoms with Gasteiger partial charge < -0.3 is 19.5 Å². The number of fused-ring (bicyclic) bond motifs is 1. The number of methoxy groups -OCH3 is 2. The van der Waals surface area contributed by atoms with Gasteiger partial charge in [-0.05, 0) is 36.2 Å². The highest BCUT2D eigenvalue weighted by atomic mass is 16.5. The lowest BCUT2D eigenvalue weighted by Crippen LogP contribution is -2.30. The van der Waals surface area contributed by atoms with E-state index in [1.807, 2.05) is 18.2 Å². The molecule has 2 aromatic carbocycles. The molecular weight excluding hydrogens is 306 g/mol. The number of carbonyl (C=O) groups is 1. The van der Waals surface area contributed by atoms with Crippen LogP contribution in [-0.4, -0.2) is 33.3 Å². The Labute approximate surface area is 141 Å². The van der Waals surface area contributed by atoms with Crippen LogP contribution < -0.4 is 19.5 Å². The number of ether oxygens (including phenoxy) is 3. The Balaban J connectivity index is 1.68. The van der Waals surface area contributed by atoms with Crippen molar-refractivity contribution in [1.82, 2.24) is 5.32 Å². The monoisotopic (exact) mass is 327 g/mol. The number of hydrogen-bond donors (Lipinski definition) is 1. The van der Waals surface area contributed by atoms with Crippen LogP contribution in [0.1, 0.15) is 28.3 Å². The average Bonchev–Trinajstić information content (AvgIpc) is 2.65. The molecule has 0 spiro atoms. The van der Waals surface area contributed by atoms with Crippen LogP contribution in [0.3, 0.4) is 0 Å². The van der Waals surface area contributed by atoms with Crippen LogP contribution in [0.5, 0.6) is 17.2 Å². The molecule has 0 saturated heterocycles. The fourth-order valence-corrected chi connectivity index (χ4v) is 2.92. The molecule has 1 heterocycles. The van der Waals surface area contributed by atoms with E-state index in [1.165, 1.54) is 0 Å². The quantitative estimate of drug-likeness (QED) is 0.917. The summed E-state index contributed by atoms with van der Waals surface area (Å²) in [7, 11) is 3.12. The molecule has 0 radical (unpaired) electrons. The SMILES string of the molecule is COc1ccc(C(=O)NCC2CCOc3ccccc32)cc1OC. The Bertz CT molecular complexity index is 729. The summed E-state index contributed by atoms with van der Waals surface area (Å²) in [5.41, 5.74) is 1.70. The number of para-hydroxylation sites is 1. The van der Waals surface area contributed by atoms with Gasteiger partial charge in [-0.3, -0.25) is 4.79 Å². The molecule has 126 valence electrons. The van der Waals surface area contributed by atoms with E-state index < -0.39 is 0 Å². The second-order valence-electron chi connectivity index (χ2n) is 5.65. The first kappa shape index (κ1) is 16.2. The van der Waals surface area contributed by atoms with Crippen LogP contribution in [0, 0.1) is 0 Å². The summed E-state index contributed by atoms with van der Waals surface area (Å²) in [4.78, 5) is 12.4. The number of benzene rings is 2. The molecule has 1 unspecified atom stereocenters. The van der Waals surface area contributed by atoms with E-state index in [2.05, 4.69) is 11.4 Å². The zero-order chi connectivity index (χ0) is 16.9. The van der Waals surface area contributed by atoms with Crippen molar-refractivity contribution in [3.8, 4) is 17.2 Å². The second-order valence-corrected chi connectivity index (χ2v) is 5.65. The van der Waals surface area contributed by atoms with Gasteiger partial charge in [-0.25, -0.2) is 0 Å². The van der Waals surface area contributed by atoms with E-state index in [0.717, 1.165) is 17.7 Å². The molecule has 1 aliphatic rings. The van der Waals surface area contributed by atoms with Crippen LogP contribution in [0.15, 0.2) is 42.5 Å². The Morgan fingerprint density at radius 1 is 1.17 bits per heavy atom. The van der Waals surface area contributed by atoms with Gasteiger partial charge in [-0.15, -0.1) is 0 Å². The van der Waals surface area contributed by atoms with Crippen molar-refractivity contribution in [3.05, 3.63) is 53.6 Å². The first-order valence-electron chi connectivity index (χ1n) is 7.95. The Morgan fingerprint density at radius 2 is 1.96 bits per heavy atom. The molecule has 1 aliphatic heterocycles. The van der Waals surface area contributed by atoms with Crippen molar-refractivity contribution in [1.29, 1.82) is 0 Å². The van der Waals surface area contributed by atoms with Gasteiger partial charge in [0.05, 0.1) is 20.8 Å². The number of carbonyl (C=O) groups excluding carboxylic acids is 1. The van der Waals surface area contributed by atoms with E-state index in [9.17, 15) is 4.79 Å². The van der Waals surface area contributed by atoms with Gasteiger partial charge in [-0.1, -0.05) is 18.2 Å². The van der Waals surface area contributed by atoms with Gasteiger partial charge in [0.1, 0.15) is 5.75 Å². The molecule has 0 saturated carbocycles. The Hall–Kier alpha value is -2.69. The second kappa shape index (κ2) is 7.25. The van der Waals surface area contributed by atoms with Crippen LogP contribution in [0.25, 0.3) is 0 Å². The van der Waals surface area contributed by atoms with Crippen molar-refractivity contribution in [2.75, 3.05) is 27.4 Å². The van der Waals surface area contributed by atoms with Crippen molar-refractivity contribution >= 4 is 5.91 Å². The lowest BCUT2D eigenvalue weighted by Gasteiger charge is -2.26.